The molecule has 0 bridgehead atoms. The molecule has 0 saturated carbocycles. The van der Waals surface area contributed by atoms with Crippen molar-refractivity contribution < 1.29 is 9.66 Å². The largest absolute Gasteiger partial charge is 0.494 e. The number of nitro benzene ring substituents is 1. The Hall–Kier alpha value is -1.29. The van der Waals surface area contributed by atoms with Gasteiger partial charge in [0.25, 0.3) is 5.69 Å². The van der Waals surface area contributed by atoms with Gasteiger partial charge in [0, 0.05) is 12.1 Å². The highest BCUT2D eigenvalue weighted by atomic mass is 35.5. The van der Waals surface area contributed by atoms with Crippen LogP contribution in [0.1, 0.15) is 32.6 Å². The van der Waals surface area contributed by atoms with Crippen LogP contribution < -0.4 is 4.74 Å². The summed E-state index contributed by atoms with van der Waals surface area (Å²) in [5.41, 5.74) is -0.0926. The number of hydrogen-bond acceptors (Lipinski definition) is 3. The monoisotopic (exact) mass is 257 g/mol. The Morgan fingerprint density at radius 2 is 2.12 bits per heavy atom. The molecule has 0 fully saturated rings. The molecule has 0 spiro atoms. The van der Waals surface area contributed by atoms with E-state index in [4.69, 9.17) is 16.3 Å². The minimum absolute atomic E-state index is 0.0926. The number of halogens is 1. The van der Waals surface area contributed by atoms with E-state index in [-0.39, 0.29) is 10.7 Å². The molecule has 0 aromatic heterocycles. The average Bonchev–Trinajstić information content (AvgIpc) is 2.28. The number of benzene rings is 1. The van der Waals surface area contributed by atoms with Crippen molar-refractivity contribution in [2.75, 3.05) is 6.61 Å². The van der Waals surface area contributed by atoms with E-state index < -0.39 is 4.92 Å². The Morgan fingerprint density at radius 1 is 1.35 bits per heavy atom. The van der Waals surface area contributed by atoms with Crippen LogP contribution in [0.4, 0.5) is 5.69 Å². The quantitative estimate of drug-likeness (QED) is 0.418. The van der Waals surface area contributed by atoms with Gasteiger partial charge in [-0.15, -0.1) is 0 Å². The molecule has 17 heavy (non-hydrogen) atoms. The van der Waals surface area contributed by atoms with Gasteiger partial charge in [-0.25, -0.2) is 0 Å². The zero-order chi connectivity index (χ0) is 12.7. The van der Waals surface area contributed by atoms with E-state index >= 15 is 0 Å². The molecule has 1 aromatic rings. The van der Waals surface area contributed by atoms with Gasteiger partial charge < -0.3 is 4.74 Å². The molecule has 1 aromatic carbocycles. The maximum atomic E-state index is 10.5. The molecule has 0 aliphatic heterocycles. The molecular formula is C12H16ClNO3. The van der Waals surface area contributed by atoms with Gasteiger partial charge in [-0.1, -0.05) is 37.8 Å². The van der Waals surface area contributed by atoms with Gasteiger partial charge in [-0.05, 0) is 12.5 Å². The summed E-state index contributed by atoms with van der Waals surface area (Å²) >= 11 is 5.77. The van der Waals surface area contributed by atoms with E-state index in [1.807, 2.05) is 0 Å². The second kappa shape index (κ2) is 7.12. The van der Waals surface area contributed by atoms with Crippen molar-refractivity contribution in [2.45, 2.75) is 32.6 Å². The summed E-state index contributed by atoms with van der Waals surface area (Å²) in [6.45, 7) is 2.77. The topological polar surface area (TPSA) is 52.4 Å². The lowest BCUT2D eigenvalue weighted by atomic mass is 10.2. The van der Waals surface area contributed by atoms with Crippen molar-refractivity contribution in [1.82, 2.24) is 0 Å². The van der Waals surface area contributed by atoms with E-state index in [0.717, 1.165) is 12.8 Å². The lowest BCUT2D eigenvalue weighted by Crippen LogP contribution is -1.97. The summed E-state index contributed by atoms with van der Waals surface area (Å²) in [7, 11) is 0. The lowest BCUT2D eigenvalue weighted by molar-refractivity contribution is -0.384. The van der Waals surface area contributed by atoms with Gasteiger partial charge >= 0.3 is 0 Å². The van der Waals surface area contributed by atoms with Crippen LogP contribution in [0.2, 0.25) is 5.02 Å². The third kappa shape index (κ3) is 4.61. The molecule has 5 heteroatoms. The SMILES string of the molecule is CCCCCCOc1ccc([N+](=O)[O-])c(Cl)c1. The first-order valence-electron chi connectivity index (χ1n) is 5.72. The van der Waals surface area contributed by atoms with Crippen LogP contribution in [-0.2, 0) is 0 Å². The zero-order valence-corrected chi connectivity index (χ0v) is 10.6. The molecule has 0 aliphatic rings. The number of nitro groups is 1. The highest BCUT2D eigenvalue weighted by Crippen LogP contribution is 2.28. The minimum Gasteiger partial charge on any atom is -0.494 e. The smallest absolute Gasteiger partial charge is 0.288 e. The normalized spacial score (nSPS) is 10.2. The van der Waals surface area contributed by atoms with Crippen molar-refractivity contribution in [1.29, 1.82) is 0 Å². The number of nitrogens with zero attached hydrogens (tertiary/aromatic N) is 1. The highest BCUT2D eigenvalue weighted by Gasteiger charge is 2.12. The molecule has 0 N–H and O–H groups in total. The zero-order valence-electron chi connectivity index (χ0n) is 9.82. The predicted molar refractivity (Wildman–Crippen MR) is 67.7 cm³/mol. The Balaban J connectivity index is 2.45. The van der Waals surface area contributed by atoms with E-state index in [0.29, 0.717) is 12.4 Å². The maximum absolute atomic E-state index is 10.5. The molecule has 94 valence electrons. The van der Waals surface area contributed by atoms with E-state index in [9.17, 15) is 10.1 Å². The molecule has 0 radical (unpaired) electrons. The first-order chi connectivity index (χ1) is 8.15. The summed E-state index contributed by atoms with van der Waals surface area (Å²) in [5, 5.41) is 10.7. The van der Waals surface area contributed by atoms with Gasteiger partial charge in [0.15, 0.2) is 0 Å². The van der Waals surface area contributed by atoms with Crippen molar-refractivity contribution in [2.24, 2.45) is 0 Å². The number of ether oxygens (including phenoxy) is 1. The molecule has 0 heterocycles. The van der Waals surface area contributed by atoms with Crippen LogP contribution in [0.3, 0.4) is 0 Å². The summed E-state index contributed by atoms with van der Waals surface area (Å²) < 4.78 is 5.46. The lowest BCUT2D eigenvalue weighted by Gasteiger charge is -2.06. The predicted octanol–water partition coefficient (Wildman–Crippen LogP) is 4.21. The van der Waals surface area contributed by atoms with Gasteiger partial charge in [-0.2, -0.15) is 0 Å². The van der Waals surface area contributed by atoms with Crippen molar-refractivity contribution in [3.63, 3.8) is 0 Å². The molecule has 4 nitrogen and oxygen atoms in total. The number of unbranched alkanes of at least 4 members (excludes halogenated alkanes) is 3. The Labute approximate surface area is 106 Å². The third-order valence-corrected chi connectivity index (χ3v) is 2.69. The third-order valence-electron chi connectivity index (χ3n) is 2.38. The van der Waals surface area contributed by atoms with Gasteiger partial charge in [0.2, 0.25) is 0 Å². The van der Waals surface area contributed by atoms with Crippen LogP contribution in [0.5, 0.6) is 5.75 Å². The van der Waals surface area contributed by atoms with Crippen molar-refractivity contribution in [3.05, 3.63) is 33.3 Å². The van der Waals surface area contributed by atoms with Gasteiger partial charge in [0.1, 0.15) is 10.8 Å². The van der Waals surface area contributed by atoms with E-state index in [1.165, 1.54) is 25.0 Å². The van der Waals surface area contributed by atoms with Crippen LogP contribution in [0, 0.1) is 10.1 Å². The fraction of sp³-hybridized carbons (Fsp3) is 0.500. The molecule has 0 atom stereocenters. The molecular weight excluding hydrogens is 242 g/mol. The molecule has 0 amide bonds. The Bertz CT molecular complexity index is 382. The van der Waals surface area contributed by atoms with Gasteiger partial charge in [0.05, 0.1) is 11.5 Å². The van der Waals surface area contributed by atoms with Crippen LogP contribution in [0.25, 0.3) is 0 Å². The fourth-order valence-electron chi connectivity index (χ4n) is 1.44. The summed E-state index contributed by atoms with van der Waals surface area (Å²) in [4.78, 5) is 10.0. The first kappa shape index (κ1) is 13.8. The molecule has 0 saturated heterocycles. The van der Waals surface area contributed by atoms with Gasteiger partial charge in [-0.3, -0.25) is 10.1 Å². The average molecular weight is 258 g/mol. The van der Waals surface area contributed by atoms with E-state index in [2.05, 4.69) is 6.92 Å². The summed E-state index contributed by atoms with van der Waals surface area (Å²) in [5.74, 6) is 0.581. The van der Waals surface area contributed by atoms with E-state index in [1.54, 1.807) is 6.07 Å². The Kier molecular flexibility index (Phi) is 5.77. The Morgan fingerprint density at radius 3 is 2.71 bits per heavy atom. The van der Waals surface area contributed by atoms with Crippen LogP contribution >= 0.6 is 11.6 Å². The summed E-state index contributed by atoms with van der Waals surface area (Å²) in [6.07, 6.45) is 4.51. The highest BCUT2D eigenvalue weighted by molar-refractivity contribution is 6.32. The molecule has 0 aliphatic carbocycles. The summed E-state index contributed by atoms with van der Waals surface area (Å²) in [6, 6.07) is 4.42. The van der Waals surface area contributed by atoms with Crippen LogP contribution in [0.15, 0.2) is 18.2 Å². The molecule has 1 rings (SSSR count). The fourth-order valence-corrected chi connectivity index (χ4v) is 1.68. The standard InChI is InChI=1S/C12H16ClNO3/c1-2-3-4-5-8-17-10-6-7-12(14(15)16)11(13)9-10/h6-7,9H,2-5,8H2,1H3. The first-order valence-corrected chi connectivity index (χ1v) is 6.09. The van der Waals surface area contributed by atoms with Crippen molar-refractivity contribution >= 4 is 17.3 Å². The molecule has 0 unspecified atom stereocenters. The maximum Gasteiger partial charge on any atom is 0.288 e. The van der Waals surface area contributed by atoms with Crippen LogP contribution in [-0.4, -0.2) is 11.5 Å². The second-order valence-corrected chi connectivity index (χ2v) is 4.19. The van der Waals surface area contributed by atoms with Crippen molar-refractivity contribution in [3.8, 4) is 5.75 Å². The second-order valence-electron chi connectivity index (χ2n) is 3.78. The number of rotatable bonds is 7. The number of hydrogen-bond donors (Lipinski definition) is 0. The minimum atomic E-state index is -0.507.